The van der Waals surface area contributed by atoms with Gasteiger partial charge in [0.1, 0.15) is 23.1 Å². The van der Waals surface area contributed by atoms with Gasteiger partial charge in [0, 0.05) is 77.5 Å². The van der Waals surface area contributed by atoms with Crippen LogP contribution in [0.3, 0.4) is 0 Å². The van der Waals surface area contributed by atoms with Crippen molar-refractivity contribution in [2.45, 2.75) is 70.9 Å². The quantitative estimate of drug-likeness (QED) is 0.0854. The second kappa shape index (κ2) is 19.3. The van der Waals surface area contributed by atoms with Gasteiger partial charge in [-0.05, 0) is 93.8 Å². The van der Waals surface area contributed by atoms with Crippen molar-refractivity contribution in [2.75, 3.05) is 91.5 Å². The lowest BCUT2D eigenvalue weighted by Crippen LogP contribution is -2.52. The first kappa shape index (κ1) is 43.9. The van der Waals surface area contributed by atoms with Gasteiger partial charge < -0.3 is 36.4 Å². The van der Waals surface area contributed by atoms with Crippen LogP contribution in [0.2, 0.25) is 0 Å². The topological polar surface area (TPSA) is 220 Å². The summed E-state index contributed by atoms with van der Waals surface area (Å²) in [6.07, 6.45) is 10.0. The predicted molar refractivity (Wildman–Crippen MR) is 248 cm³/mol. The number of nitrogens with zero attached hydrogens (tertiary/aromatic N) is 10. The third-order valence-corrected chi connectivity index (χ3v) is 12.5. The molecule has 8 rings (SSSR count). The molecule has 5 N–H and O–H groups in total. The zero-order valence-electron chi connectivity index (χ0n) is 37.1. The number of piperazine rings is 1. The Balaban J connectivity index is 0.768. The van der Waals surface area contributed by atoms with Crippen LogP contribution in [0.25, 0.3) is 11.0 Å². The Morgan fingerprint density at radius 2 is 1.62 bits per heavy atom. The molecular weight excluding hydrogens is 815 g/mol. The first-order valence-corrected chi connectivity index (χ1v) is 22.1. The minimum absolute atomic E-state index is 0.000111. The summed E-state index contributed by atoms with van der Waals surface area (Å²) in [5.74, 6) is 2.99. The number of carbonyl (C=O) groups is 3. The lowest BCUT2D eigenvalue weighted by molar-refractivity contribution is -0.123. The number of carbonyl (C=O) groups excluding carboxylic acids is 3. The van der Waals surface area contributed by atoms with E-state index in [0.717, 1.165) is 76.8 Å². The van der Waals surface area contributed by atoms with E-state index in [0.29, 0.717) is 76.2 Å². The van der Waals surface area contributed by atoms with Crippen LogP contribution in [0.15, 0.2) is 53.6 Å². The highest BCUT2D eigenvalue weighted by molar-refractivity contribution is 6.07. The van der Waals surface area contributed by atoms with E-state index in [4.69, 9.17) is 4.98 Å². The predicted octanol–water partition coefficient (Wildman–Crippen LogP) is 4.62. The van der Waals surface area contributed by atoms with Gasteiger partial charge in [0.2, 0.25) is 11.9 Å². The fourth-order valence-corrected chi connectivity index (χ4v) is 8.93. The fraction of sp³-hybridized carbons (Fsp3) is 0.467. The van der Waals surface area contributed by atoms with Gasteiger partial charge in [-0.1, -0.05) is 12.8 Å². The van der Waals surface area contributed by atoms with E-state index in [-0.39, 0.29) is 40.8 Å². The van der Waals surface area contributed by atoms with Gasteiger partial charge in [-0.25, -0.2) is 15.0 Å². The number of hydrogen-bond donors (Lipinski definition) is 5. The first-order chi connectivity index (χ1) is 30.9. The second-order valence-electron chi connectivity index (χ2n) is 17.2. The molecule has 0 radical (unpaired) electrons. The average molecular weight is 872 g/mol. The number of nitrogens with one attached hydrogen (secondary N) is 5. The van der Waals surface area contributed by atoms with Crippen LogP contribution in [0.1, 0.15) is 84.2 Å². The van der Waals surface area contributed by atoms with Crippen LogP contribution >= 0.6 is 0 Å². The molecule has 5 aromatic rings. The van der Waals surface area contributed by atoms with E-state index in [1.165, 1.54) is 6.92 Å². The fourth-order valence-electron chi connectivity index (χ4n) is 8.93. The molecule has 0 spiro atoms. The number of Topliss-reactive ketones (excluding diaryl/α,β-unsaturated/α-hetero) is 1. The van der Waals surface area contributed by atoms with Gasteiger partial charge in [-0.2, -0.15) is 4.98 Å². The van der Waals surface area contributed by atoms with Crippen LogP contribution in [-0.4, -0.2) is 124 Å². The highest BCUT2D eigenvalue weighted by Gasteiger charge is 2.31. The summed E-state index contributed by atoms with van der Waals surface area (Å²) < 4.78 is 1.71. The van der Waals surface area contributed by atoms with Crippen molar-refractivity contribution >= 4 is 69.4 Å². The molecule has 5 aromatic heterocycles. The van der Waals surface area contributed by atoms with E-state index >= 15 is 0 Å². The Hall–Kier alpha value is -6.76. The maximum Gasteiger partial charge on any atom is 0.263 e. The van der Waals surface area contributed by atoms with Gasteiger partial charge >= 0.3 is 0 Å². The molecule has 2 aliphatic carbocycles. The van der Waals surface area contributed by atoms with Crippen molar-refractivity contribution in [3.8, 4) is 0 Å². The number of anilines is 7. The van der Waals surface area contributed by atoms with Crippen molar-refractivity contribution in [2.24, 2.45) is 5.92 Å². The molecule has 19 nitrogen and oxygen atoms in total. The van der Waals surface area contributed by atoms with Crippen LogP contribution in [0.5, 0.6) is 0 Å². The molecule has 3 fully saturated rings. The number of aryl methyl sites for hydroxylation is 1. The maximum atomic E-state index is 13.6. The Bertz CT molecular complexity index is 2550. The molecule has 0 unspecified atom stereocenters. The van der Waals surface area contributed by atoms with Gasteiger partial charge in [0.05, 0.1) is 29.6 Å². The molecule has 6 heterocycles. The molecule has 2 saturated carbocycles. The Kier molecular flexibility index (Phi) is 13.2. The zero-order valence-corrected chi connectivity index (χ0v) is 37.1. The second-order valence-corrected chi connectivity index (χ2v) is 17.2. The largest absolute Gasteiger partial charge is 0.373 e. The van der Waals surface area contributed by atoms with Gasteiger partial charge in [-0.3, -0.25) is 28.6 Å². The summed E-state index contributed by atoms with van der Waals surface area (Å²) in [7, 11) is 5.53. The van der Waals surface area contributed by atoms with E-state index in [1.807, 2.05) is 37.3 Å². The normalized spacial score (nSPS) is 17.7. The molecular formula is C45H57N15O4. The van der Waals surface area contributed by atoms with Crippen molar-refractivity contribution < 1.29 is 14.4 Å². The van der Waals surface area contributed by atoms with Gasteiger partial charge in [0.15, 0.2) is 17.4 Å². The van der Waals surface area contributed by atoms with Crippen molar-refractivity contribution in [3.63, 3.8) is 0 Å². The number of aromatic nitrogens is 7. The third-order valence-electron chi connectivity index (χ3n) is 12.5. The number of ketones is 1. The van der Waals surface area contributed by atoms with Crippen molar-refractivity contribution in [1.29, 1.82) is 0 Å². The van der Waals surface area contributed by atoms with Crippen LogP contribution in [0.4, 0.5) is 40.7 Å². The molecule has 0 bridgehead atoms. The number of rotatable bonds is 16. The Labute approximate surface area is 371 Å². The molecule has 1 aliphatic heterocycles. The number of pyridine rings is 3. The minimum Gasteiger partial charge on any atom is -0.373 e. The molecule has 336 valence electrons. The summed E-state index contributed by atoms with van der Waals surface area (Å²) in [4.78, 5) is 77.1. The molecule has 19 heteroatoms. The van der Waals surface area contributed by atoms with E-state index < -0.39 is 0 Å². The highest BCUT2D eigenvalue weighted by Crippen LogP contribution is 2.33. The SMILES string of the molecule is CNc1ccc(C(=O)Nc2ccc(N(C)C)nn2)c(NCCC2CC(NC(=O)CN3CCN(c4ccc(Nc5ncc6c(C)c(C(C)=O)c(=O)n(C7CCCC7)c6n5)nc4)CC3)C2)n1. The van der Waals surface area contributed by atoms with Gasteiger partial charge in [0.25, 0.3) is 11.5 Å². The molecule has 0 aromatic carbocycles. The molecule has 2 amide bonds. The summed E-state index contributed by atoms with van der Waals surface area (Å²) in [6, 6.07) is 11.0. The van der Waals surface area contributed by atoms with Crippen LogP contribution in [-0.2, 0) is 4.79 Å². The zero-order chi connectivity index (χ0) is 44.9. The van der Waals surface area contributed by atoms with Crippen LogP contribution < -0.4 is 41.9 Å². The smallest absolute Gasteiger partial charge is 0.263 e. The van der Waals surface area contributed by atoms with Gasteiger partial charge in [-0.15, -0.1) is 10.2 Å². The number of fused-ring (bicyclic) bond motifs is 1. The van der Waals surface area contributed by atoms with E-state index in [9.17, 15) is 19.2 Å². The average Bonchev–Trinajstić information content (AvgIpc) is 3.80. The number of hydrogen-bond acceptors (Lipinski definition) is 16. The Morgan fingerprint density at radius 1 is 0.875 bits per heavy atom. The van der Waals surface area contributed by atoms with Crippen molar-refractivity contribution in [1.82, 2.24) is 44.9 Å². The summed E-state index contributed by atoms with van der Waals surface area (Å²) in [5, 5.41) is 24.6. The summed E-state index contributed by atoms with van der Waals surface area (Å²) in [6.45, 7) is 7.25. The minimum atomic E-state index is -0.331. The lowest BCUT2D eigenvalue weighted by atomic mass is 9.78. The van der Waals surface area contributed by atoms with E-state index in [1.54, 1.807) is 49.0 Å². The summed E-state index contributed by atoms with van der Waals surface area (Å²) >= 11 is 0. The monoisotopic (exact) mass is 871 g/mol. The highest BCUT2D eigenvalue weighted by atomic mass is 16.2. The standard InChI is InChI=1S/C45H57N15O4/c1-27-34-25-49-45(54-42(34)60(31-8-6-7-9-31)44(64)40(27)28(2)61)53-36-12-10-32(24-48-36)59-20-18-58(19-21-59)26-39(62)50-30-22-29(23-30)16-17-47-41-33(11-13-35(46-3)51-41)43(63)52-37-14-15-38(56-55-37)57(4)5/h10-15,24-25,29-31H,6-9,16-23,26H2,1-5H3,(H,50,62)(H2,46,47,51)(H,52,55,63)(H,48,49,53,54). The van der Waals surface area contributed by atoms with Crippen molar-refractivity contribution in [3.05, 3.63) is 75.8 Å². The maximum absolute atomic E-state index is 13.6. The molecule has 0 atom stereocenters. The molecule has 1 saturated heterocycles. The number of amides is 2. The van der Waals surface area contributed by atoms with E-state index in [2.05, 4.69) is 61.5 Å². The van der Waals surface area contributed by atoms with Crippen LogP contribution in [0, 0.1) is 12.8 Å². The lowest BCUT2D eigenvalue weighted by Gasteiger charge is -2.38. The third kappa shape index (κ3) is 9.88. The Morgan fingerprint density at radius 3 is 2.30 bits per heavy atom. The molecule has 3 aliphatic rings. The summed E-state index contributed by atoms with van der Waals surface area (Å²) in [5.41, 5.74) is 2.46. The molecule has 64 heavy (non-hydrogen) atoms. The first-order valence-electron chi connectivity index (χ1n) is 22.1.